The van der Waals surface area contributed by atoms with Crippen molar-refractivity contribution in [3.8, 4) is 0 Å². The van der Waals surface area contributed by atoms with Gasteiger partial charge in [0.15, 0.2) is 6.29 Å². The molecular formula is C7H14O4. The number of rotatable bonds is 2. The van der Waals surface area contributed by atoms with Gasteiger partial charge in [0.1, 0.15) is 6.10 Å². The first-order valence-corrected chi connectivity index (χ1v) is 3.69. The zero-order valence-corrected chi connectivity index (χ0v) is 6.73. The van der Waals surface area contributed by atoms with E-state index in [1.165, 1.54) is 0 Å². The summed E-state index contributed by atoms with van der Waals surface area (Å²) in [6.45, 7) is 1.62. The molecular weight excluding hydrogens is 148 g/mol. The standard InChI is InChI=1S/C7H14O4/c1-4(8)7-5(10-2)3-6(9)11-7/h4-9H,3H2,1-2H3/t4-,5+,6+,7-/m1/s1. The van der Waals surface area contributed by atoms with Gasteiger partial charge in [-0.25, -0.2) is 0 Å². The van der Waals surface area contributed by atoms with Crippen molar-refractivity contribution in [3.63, 3.8) is 0 Å². The van der Waals surface area contributed by atoms with Crippen LogP contribution in [0, 0.1) is 0 Å². The van der Waals surface area contributed by atoms with Crippen molar-refractivity contribution < 1.29 is 19.7 Å². The Balaban J connectivity index is 2.50. The van der Waals surface area contributed by atoms with E-state index in [-0.39, 0.29) is 6.10 Å². The number of methoxy groups -OCH3 is 1. The Morgan fingerprint density at radius 2 is 2.27 bits per heavy atom. The zero-order valence-electron chi connectivity index (χ0n) is 6.73. The van der Waals surface area contributed by atoms with E-state index in [1.54, 1.807) is 14.0 Å². The molecule has 1 aliphatic heterocycles. The van der Waals surface area contributed by atoms with Crippen molar-refractivity contribution in [2.24, 2.45) is 0 Å². The van der Waals surface area contributed by atoms with Crippen molar-refractivity contribution in [3.05, 3.63) is 0 Å². The lowest BCUT2D eigenvalue weighted by Crippen LogP contribution is -2.33. The van der Waals surface area contributed by atoms with Gasteiger partial charge in [0, 0.05) is 13.5 Å². The van der Waals surface area contributed by atoms with Gasteiger partial charge < -0.3 is 19.7 Å². The molecule has 0 aromatic heterocycles. The Hall–Kier alpha value is -0.160. The van der Waals surface area contributed by atoms with Crippen LogP contribution in [0.3, 0.4) is 0 Å². The van der Waals surface area contributed by atoms with E-state index in [1.807, 2.05) is 0 Å². The third kappa shape index (κ3) is 1.90. The molecule has 0 aliphatic carbocycles. The molecule has 0 aromatic rings. The van der Waals surface area contributed by atoms with E-state index in [0.29, 0.717) is 6.42 Å². The van der Waals surface area contributed by atoms with Gasteiger partial charge in [-0.1, -0.05) is 0 Å². The van der Waals surface area contributed by atoms with Crippen molar-refractivity contribution in [1.82, 2.24) is 0 Å². The van der Waals surface area contributed by atoms with Gasteiger partial charge in [0.2, 0.25) is 0 Å². The predicted octanol–water partition coefficient (Wildman–Crippen LogP) is -0.510. The third-order valence-electron chi connectivity index (χ3n) is 1.89. The molecule has 0 spiro atoms. The molecule has 0 amide bonds. The van der Waals surface area contributed by atoms with E-state index in [9.17, 15) is 0 Å². The molecule has 2 N–H and O–H groups in total. The van der Waals surface area contributed by atoms with Crippen molar-refractivity contribution in [2.45, 2.75) is 37.9 Å². The minimum atomic E-state index is -0.792. The minimum absolute atomic E-state index is 0.190. The molecule has 1 heterocycles. The lowest BCUT2D eigenvalue weighted by atomic mass is 10.1. The maximum atomic E-state index is 9.16. The molecule has 1 aliphatic rings. The summed E-state index contributed by atoms with van der Waals surface area (Å²) in [5.41, 5.74) is 0. The summed E-state index contributed by atoms with van der Waals surface area (Å²) < 4.78 is 10.0. The second kappa shape index (κ2) is 3.49. The fourth-order valence-electron chi connectivity index (χ4n) is 1.31. The SMILES string of the molecule is CO[C@H]1C[C@@H](O)O[C@@H]1[C@@H](C)O. The second-order valence-corrected chi connectivity index (χ2v) is 2.81. The van der Waals surface area contributed by atoms with E-state index in [4.69, 9.17) is 19.7 Å². The molecule has 1 rings (SSSR count). The van der Waals surface area contributed by atoms with E-state index in [2.05, 4.69) is 0 Å². The van der Waals surface area contributed by atoms with Crippen LogP contribution in [0.1, 0.15) is 13.3 Å². The predicted molar refractivity (Wildman–Crippen MR) is 38.0 cm³/mol. The monoisotopic (exact) mass is 162 g/mol. The summed E-state index contributed by atoms with van der Waals surface area (Å²) in [7, 11) is 1.54. The molecule has 1 fully saturated rings. The van der Waals surface area contributed by atoms with Gasteiger partial charge in [-0.2, -0.15) is 0 Å². The largest absolute Gasteiger partial charge is 0.391 e. The third-order valence-corrected chi connectivity index (χ3v) is 1.89. The van der Waals surface area contributed by atoms with E-state index in [0.717, 1.165) is 0 Å². The van der Waals surface area contributed by atoms with Gasteiger partial charge in [0.25, 0.3) is 0 Å². The summed E-state index contributed by atoms with van der Waals surface area (Å²) in [6.07, 6.45) is -1.54. The van der Waals surface area contributed by atoms with Crippen molar-refractivity contribution in [1.29, 1.82) is 0 Å². The summed E-state index contributed by atoms with van der Waals surface area (Å²) in [5, 5.41) is 18.2. The van der Waals surface area contributed by atoms with Crippen LogP contribution in [0.25, 0.3) is 0 Å². The van der Waals surface area contributed by atoms with Crippen LogP contribution in [0.5, 0.6) is 0 Å². The van der Waals surface area contributed by atoms with Gasteiger partial charge in [-0.3, -0.25) is 0 Å². The first-order chi connectivity index (χ1) is 5.15. The van der Waals surface area contributed by atoms with Crippen molar-refractivity contribution >= 4 is 0 Å². The van der Waals surface area contributed by atoms with Crippen LogP contribution in [-0.4, -0.2) is 41.9 Å². The van der Waals surface area contributed by atoms with Crippen LogP contribution in [0.15, 0.2) is 0 Å². The number of hydrogen-bond acceptors (Lipinski definition) is 4. The van der Waals surface area contributed by atoms with Crippen LogP contribution in [-0.2, 0) is 9.47 Å². The average molecular weight is 162 g/mol. The quantitative estimate of drug-likeness (QED) is 0.574. The Bertz CT molecular complexity index is 126. The number of aliphatic hydroxyl groups excluding tert-OH is 2. The molecule has 4 heteroatoms. The molecule has 66 valence electrons. The summed E-state index contributed by atoms with van der Waals surface area (Å²) in [4.78, 5) is 0. The fourth-order valence-corrected chi connectivity index (χ4v) is 1.31. The highest BCUT2D eigenvalue weighted by atomic mass is 16.6. The molecule has 1 saturated heterocycles. The van der Waals surface area contributed by atoms with Gasteiger partial charge >= 0.3 is 0 Å². The molecule has 11 heavy (non-hydrogen) atoms. The Morgan fingerprint density at radius 1 is 1.64 bits per heavy atom. The lowest BCUT2D eigenvalue weighted by molar-refractivity contribution is -0.128. The van der Waals surface area contributed by atoms with Crippen LogP contribution < -0.4 is 0 Å². The number of hydrogen-bond donors (Lipinski definition) is 2. The molecule has 4 atom stereocenters. The van der Waals surface area contributed by atoms with Gasteiger partial charge in [-0.05, 0) is 6.92 Å². The van der Waals surface area contributed by atoms with Crippen LogP contribution in [0.2, 0.25) is 0 Å². The lowest BCUT2D eigenvalue weighted by Gasteiger charge is -2.18. The van der Waals surface area contributed by atoms with Gasteiger partial charge in [0.05, 0.1) is 12.2 Å². The first kappa shape index (κ1) is 8.93. The maximum Gasteiger partial charge on any atom is 0.157 e. The van der Waals surface area contributed by atoms with Crippen LogP contribution in [0.4, 0.5) is 0 Å². The fraction of sp³-hybridized carbons (Fsp3) is 1.00. The second-order valence-electron chi connectivity index (χ2n) is 2.81. The van der Waals surface area contributed by atoms with Crippen molar-refractivity contribution in [2.75, 3.05) is 7.11 Å². The maximum absolute atomic E-state index is 9.16. The Morgan fingerprint density at radius 3 is 2.64 bits per heavy atom. The Labute approximate surface area is 65.7 Å². The minimum Gasteiger partial charge on any atom is -0.391 e. The summed E-state index contributed by atoms with van der Waals surface area (Å²) in [6, 6.07) is 0. The molecule has 4 nitrogen and oxygen atoms in total. The summed E-state index contributed by atoms with van der Waals surface area (Å²) >= 11 is 0. The first-order valence-electron chi connectivity index (χ1n) is 3.69. The molecule has 0 unspecified atom stereocenters. The number of aliphatic hydroxyl groups is 2. The van der Waals surface area contributed by atoms with E-state index < -0.39 is 18.5 Å². The average Bonchev–Trinajstić information content (AvgIpc) is 2.30. The van der Waals surface area contributed by atoms with Gasteiger partial charge in [-0.15, -0.1) is 0 Å². The Kier molecular flexibility index (Phi) is 2.84. The summed E-state index contributed by atoms with van der Waals surface area (Å²) in [5.74, 6) is 0. The highest BCUT2D eigenvalue weighted by molar-refractivity contribution is 4.82. The van der Waals surface area contributed by atoms with Crippen LogP contribution >= 0.6 is 0 Å². The number of ether oxygens (including phenoxy) is 2. The normalized spacial score (nSPS) is 40.9. The molecule has 0 aromatic carbocycles. The highest BCUT2D eigenvalue weighted by Crippen LogP contribution is 2.23. The zero-order chi connectivity index (χ0) is 8.43. The molecule has 0 saturated carbocycles. The van der Waals surface area contributed by atoms with E-state index >= 15 is 0 Å². The topological polar surface area (TPSA) is 58.9 Å². The molecule has 0 bridgehead atoms. The molecule has 0 radical (unpaired) electrons. The highest BCUT2D eigenvalue weighted by Gasteiger charge is 2.37. The smallest absolute Gasteiger partial charge is 0.157 e.